The third kappa shape index (κ3) is 3.97. The molecule has 2 aromatic carbocycles. The van der Waals surface area contributed by atoms with Crippen molar-refractivity contribution in [2.75, 3.05) is 20.2 Å². The first-order valence-electron chi connectivity index (χ1n) is 8.21. The Kier molecular flexibility index (Phi) is 6.28. The Balaban J connectivity index is 0.00000192. The molecule has 4 heteroatoms. The van der Waals surface area contributed by atoms with Crippen molar-refractivity contribution in [3.05, 3.63) is 42.0 Å². The molecule has 1 aliphatic heterocycles. The largest absolute Gasteiger partial charge is 0.496 e. The summed E-state index contributed by atoms with van der Waals surface area (Å²) in [6.45, 7) is 5.31. The van der Waals surface area contributed by atoms with Gasteiger partial charge < -0.3 is 10.5 Å². The van der Waals surface area contributed by atoms with Crippen molar-refractivity contribution in [3.63, 3.8) is 0 Å². The molecule has 0 radical (unpaired) electrons. The highest BCUT2D eigenvalue weighted by Crippen LogP contribution is 2.30. The van der Waals surface area contributed by atoms with Crippen LogP contribution in [0, 0.1) is 5.92 Å². The second kappa shape index (κ2) is 8.00. The van der Waals surface area contributed by atoms with E-state index in [4.69, 9.17) is 10.5 Å². The number of nitrogens with two attached hydrogens (primary N) is 1. The average Bonchev–Trinajstić information content (AvgIpc) is 2.55. The van der Waals surface area contributed by atoms with Gasteiger partial charge in [-0.1, -0.05) is 30.3 Å². The SMILES string of the molecule is COc1ccc2ccccc2c1CN1CCCC(C(C)N)C1.Cl. The monoisotopic (exact) mass is 334 g/mol. The molecule has 0 aliphatic carbocycles. The van der Waals surface area contributed by atoms with E-state index in [9.17, 15) is 0 Å². The fourth-order valence-corrected chi connectivity index (χ4v) is 3.56. The molecule has 1 saturated heterocycles. The zero-order chi connectivity index (χ0) is 15.5. The van der Waals surface area contributed by atoms with Gasteiger partial charge in [-0.15, -0.1) is 12.4 Å². The summed E-state index contributed by atoms with van der Waals surface area (Å²) < 4.78 is 5.62. The second-order valence-electron chi connectivity index (χ2n) is 6.46. The van der Waals surface area contributed by atoms with E-state index in [1.165, 1.54) is 29.2 Å². The van der Waals surface area contributed by atoms with Crippen molar-refractivity contribution in [1.29, 1.82) is 0 Å². The van der Waals surface area contributed by atoms with Crippen LogP contribution in [0.5, 0.6) is 5.75 Å². The van der Waals surface area contributed by atoms with E-state index in [-0.39, 0.29) is 18.4 Å². The van der Waals surface area contributed by atoms with Gasteiger partial charge in [0.2, 0.25) is 0 Å². The zero-order valence-corrected chi connectivity index (χ0v) is 14.8. The smallest absolute Gasteiger partial charge is 0.123 e. The number of methoxy groups -OCH3 is 1. The van der Waals surface area contributed by atoms with Gasteiger partial charge in [0.25, 0.3) is 0 Å². The molecule has 1 heterocycles. The van der Waals surface area contributed by atoms with Crippen LogP contribution in [0.15, 0.2) is 36.4 Å². The summed E-state index contributed by atoms with van der Waals surface area (Å²) >= 11 is 0. The number of benzene rings is 2. The van der Waals surface area contributed by atoms with Gasteiger partial charge in [-0.2, -0.15) is 0 Å². The molecule has 2 atom stereocenters. The van der Waals surface area contributed by atoms with E-state index < -0.39 is 0 Å². The van der Waals surface area contributed by atoms with Crippen LogP contribution < -0.4 is 10.5 Å². The molecule has 0 bridgehead atoms. The van der Waals surface area contributed by atoms with Gasteiger partial charge in [-0.25, -0.2) is 0 Å². The fourth-order valence-electron chi connectivity index (χ4n) is 3.56. The van der Waals surface area contributed by atoms with Crippen molar-refractivity contribution >= 4 is 23.2 Å². The zero-order valence-electron chi connectivity index (χ0n) is 14.0. The van der Waals surface area contributed by atoms with Gasteiger partial charge in [0.1, 0.15) is 5.75 Å². The van der Waals surface area contributed by atoms with E-state index in [0.29, 0.717) is 5.92 Å². The summed E-state index contributed by atoms with van der Waals surface area (Å²) in [6.07, 6.45) is 2.49. The van der Waals surface area contributed by atoms with Crippen LogP contribution in [0.4, 0.5) is 0 Å². The minimum Gasteiger partial charge on any atom is -0.496 e. The molecule has 2 aromatic rings. The maximum Gasteiger partial charge on any atom is 0.123 e. The molecule has 0 saturated carbocycles. The highest BCUT2D eigenvalue weighted by Gasteiger charge is 2.23. The van der Waals surface area contributed by atoms with E-state index >= 15 is 0 Å². The maximum absolute atomic E-state index is 6.12. The van der Waals surface area contributed by atoms with Gasteiger partial charge in [-0.05, 0) is 49.1 Å². The standard InChI is InChI=1S/C19H26N2O.ClH/c1-14(20)16-7-5-11-21(12-16)13-18-17-8-4-3-6-15(17)9-10-19(18)22-2;/h3-4,6,8-10,14,16H,5,7,11-13,20H2,1-2H3;1H. The Morgan fingerprint density at radius 2 is 2.04 bits per heavy atom. The predicted octanol–water partition coefficient (Wildman–Crippen LogP) is 3.83. The van der Waals surface area contributed by atoms with E-state index in [1.54, 1.807) is 7.11 Å². The molecule has 0 spiro atoms. The third-order valence-corrected chi connectivity index (χ3v) is 4.88. The van der Waals surface area contributed by atoms with Crippen LogP contribution in [0.1, 0.15) is 25.3 Å². The predicted molar refractivity (Wildman–Crippen MR) is 99.4 cm³/mol. The van der Waals surface area contributed by atoms with Crippen LogP contribution in [0.3, 0.4) is 0 Å². The number of piperidine rings is 1. The van der Waals surface area contributed by atoms with Crippen LogP contribution in [0.25, 0.3) is 10.8 Å². The Hall–Kier alpha value is -1.29. The summed E-state index contributed by atoms with van der Waals surface area (Å²) in [5.41, 5.74) is 7.42. The van der Waals surface area contributed by atoms with Crippen molar-refractivity contribution in [1.82, 2.24) is 4.90 Å². The molecule has 1 aliphatic rings. The summed E-state index contributed by atoms with van der Waals surface area (Å²) in [5, 5.41) is 2.57. The first kappa shape index (κ1) is 18.1. The van der Waals surface area contributed by atoms with Crippen LogP contribution in [-0.4, -0.2) is 31.1 Å². The van der Waals surface area contributed by atoms with Crippen molar-refractivity contribution in [2.45, 2.75) is 32.4 Å². The third-order valence-electron chi connectivity index (χ3n) is 4.88. The first-order valence-corrected chi connectivity index (χ1v) is 8.21. The quantitative estimate of drug-likeness (QED) is 0.923. The summed E-state index contributed by atoms with van der Waals surface area (Å²) in [4.78, 5) is 2.53. The molecule has 1 fully saturated rings. The molecular formula is C19H27ClN2O. The van der Waals surface area contributed by atoms with Crippen molar-refractivity contribution < 1.29 is 4.74 Å². The van der Waals surface area contributed by atoms with Gasteiger partial charge in [0, 0.05) is 24.7 Å². The number of halogens is 1. The molecule has 0 amide bonds. The molecule has 3 rings (SSSR count). The summed E-state index contributed by atoms with van der Waals surface area (Å²) in [7, 11) is 1.76. The van der Waals surface area contributed by atoms with E-state index in [1.807, 2.05) is 0 Å². The average molecular weight is 335 g/mol. The number of nitrogens with zero attached hydrogens (tertiary/aromatic N) is 1. The van der Waals surface area contributed by atoms with Crippen LogP contribution >= 0.6 is 12.4 Å². The molecule has 3 nitrogen and oxygen atoms in total. The Morgan fingerprint density at radius 3 is 2.78 bits per heavy atom. The number of rotatable bonds is 4. The number of fused-ring (bicyclic) bond motifs is 1. The lowest BCUT2D eigenvalue weighted by Gasteiger charge is -2.35. The van der Waals surface area contributed by atoms with E-state index in [2.05, 4.69) is 48.2 Å². The molecule has 23 heavy (non-hydrogen) atoms. The van der Waals surface area contributed by atoms with Crippen molar-refractivity contribution in [2.24, 2.45) is 11.7 Å². The molecule has 126 valence electrons. The molecular weight excluding hydrogens is 308 g/mol. The topological polar surface area (TPSA) is 38.5 Å². The second-order valence-corrected chi connectivity index (χ2v) is 6.46. The highest BCUT2D eigenvalue weighted by molar-refractivity contribution is 5.87. The van der Waals surface area contributed by atoms with Crippen LogP contribution in [0.2, 0.25) is 0 Å². The first-order chi connectivity index (χ1) is 10.7. The van der Waals surface area contributed by atoms with E-state index in [0.717, 1.165) is 25.4 Å². The van der Waals surface area contributed by atoms with Crippen LogP contribution in [-0.2, 0) is 6.54 Å². The molecule has 2 unspecified atom stereocenters. The number of hydrogen-bond donors (Lipinski definition) is 1. The van der Waals surface area contributed by atoms with Gasteiger partial charge >= 0.3 is 0 Å². The number of ether oxygens (including phenoxy) is 1. The lowest BCUT2D eigenvalue weighted by Crippen LogP contribution is -2.42. The minimum atomic E-state index is 0. The highest BCUT2D eigenvalue weighted by atomic mass is 35.5. The Bertz CT molecular complexity index is 644. The minimum absolute atomic E-state index is 0. The molecule has 0 aromatic heterocycles. The maximum atomic E-state index is 6.12. The van der Waals surface area contributed by atoms with Gasteiger partial charge in [0.05, 0.1) is 7.11 Å². The summed E-state index contributed by atoms with van der Waals surface area (Å²) in [5.74, 6) is 1.59. The lowest BCUT2D eigenvalue weighted by atomic mass is 9.91. The normalized spacial score (nSPS) is 20.0. The Morgan fingerprint density at radius 1 is 1.26 bits per heavy atom. The van der Waals surface area contributed by atoms with Gasteiger partial charge in [-0.3, -0.25) is 4.90 Å². The number of hydrogen-bond acceptors (Lipinski definition) is 3. The lowest BCUT2D eigenvalue weighted by molar-refractivity contribution is 0.153. The van der Waals surface area contributed by atoms with Gasteiger partial charge in [0.15, 0.2) is 0 Å². The fraction of sp³-hybridized carbons (Fsp3) is 0.474. The summed E-state index contributed by atoms with van der Waals surface area (Å²) in [6, 6.07) is 13.1. The molecule has 2 N–H and O–H groups in total. The Labute approximate surface area is 145 Å². The van der Waals surface area contributed by atoms with Crippen molar-refractivity contribution in [3.8, 4) is 5.75 Å². The number of likely N-dealkylation sites (tertiary alicyclic amines) is 1.